The van der Waals surface area contributed by atoms with Crippen LogP contribution in [0.5, 0.6) is 0 Å². The molecule has 0 aliphatic heterocycles. The van der Waals surface area contributed by atoms with Crippen LogP contribution in [0.1, 0.15) is 27.2 Å². The molecule has 0 aromatic heterocycles. The van der Waals surface area contributed by atoms with E-state index in [2.05, 4.69) is 0 Å². The third-order valence-electron chi connectivity index (χ3n) is 1.53. The highest BCUT2D eigenvalue weighted by atomic mass is 16.4. The van der Waals surface area contributed by atoms with Crippen LogP contribution < -0.4 is 0 Å². The summed E-state index contributed by atoms with van der Waals surface area (Å²) in [5.74, 6) is -2.19. The Morgan fingerprint density at radius 2 is 1.92 bits per heavy atom. The predicted molar refractivity (Wildman–Crippen MR) is 44.8 cm³/mol. The lowest BCUT2D eigenvalue weighted by atomic mass is 10.3. The minimum atomic E-state index is -1.38. The number of carboxylic acids is 1. The van der Waals surface area contributed by atoms with Crippen molar-refractivity contribution >= 4 is 11.9 Å². The summed E-state index contributed by atoms with van der Waals surface area (Å²) in [4.78, 5) is 22.7. The van der Waals surface area contributed by atoms with Crippen molar-refractivity contribution < 1.29 is 14.7 Å². The van der Waals surface area contributed by atoms with Gasteiger partial charge in [-0.15, -0.1) is 0 Å². The SMILES string of the molecule is CCCN(C(=O)C(=O)O)C(C)C. The summed E-state index contributed by atoms with van der Waals surface area (Å²) in [6.45, 7) is 6.01. The van der Waals surface area contributed by atoms with E-state index in [9.17, 15) is 9.59 Å². The van der Waals surface area contributed by atoms with Gasteiger partial charge >= 0.3 is 11.9 Å². The molecule has 4 heteroatoms. The second-order valence-corrected chi connectivity index (χ2v) is 2.90. The maximum absolute atomic E-state index is 11.0. The fourth-order valence-corrected chi connectivity index (χ4v) is 0.958. The summed E-state index contributed by atoms with van der Waals surface area (Å²) in [7, 11) is 0. The first kappa shape index (κ1) is 10.9. The van der Waals surface area contributed by atoms with Crippen LogP contribution in [0.2, 0.25) is 0 Å². The molecule has 1 amide bonds. The molecule has 0 saturated heterocycles. The number of carbonyl (C=O) groups excluding carboxylic acids is 1. The number of nitrogens with zero attached hydrogens (tertiary/aromatic N) is 1. The molecule has 0 heterocycles. The van der Waals surface area contributed by atoms with Crippen LogP contribution in [0, 0.1) is 0 Å². The first-order valence-electron chi connectivity index (χ1n) is 4.04. The Morgan fingerprint density at radius 1 is 1.42 bits per heavy atom. The second kappa shape index (κ2) is 4.74. The molecule has 0 radical (unpaired) electrons. The van der Waals surface area contributed by atoms with Gasteiger partial charge in [0.05, 0.1) is 0 Å². The van der Waals surface area contributed by atoms with E-state index in [-0.39, 0.29) is 6.04 Å². The molecule has 0 rings (SSSR count). The van der Waals surface area contributed by atoms with E-state index in [1.165, 1.54) is 4.90 Å². The van der Waals surface area contributed by atoms with Crippen molar-refractivity contribution in [3.8, 4) is 0 Å². The molecule has 0 unspecified atom stereocenters. The van der Waals surface area contributed by atoms with E-state index in [4.69, 9.17) is 5.11 Å². The van der Waals surface area contributed by atoms with Gasteiger partial charge in [-0.1, -0.05) is 6.92 Å². The average molecular weight is 173 g/mol. The highest BCUT2D eigenvalue weighted by Gasteiger charge is 2.21. The van der Waals surface area contributed by atoms with Gasteiger partial charge in [0, 0.05) is 12.6 Å². The second-order valence-electron chi connectivity index (χ2n) is 2.90. The number of amides is 1. The summed E-state index contributed by atoms with van der Waals surface area (Å²) in [5.41, 5.74) is 0. The molecule has 70 valence electrons. The summed E-state index contributed by atoms with van der Waals surface area (Å²) in [6, 6.07) is -0.0476. The fourth-order valence-electron chi connectivity index (χ4n) is 0.958. The Morgan fingerprint density at radius 3 is 2.17 bits per heavy atom. The summed E-state index contributed by atoms with van der Waals surface area (Å²) in [6.07, 6.45) is 0.775. The fraction of sp³-hybridized carbons (Fsp3) is 0.750. The highest BCUT2D eigenvalue weighted by Crippen LogP contribution is 2.00. The van der Waals surface area contributed by atoms with Gasteiger partial charge in [-0.2, -0.15) is 0 Å². The van der Waals surface area contributed by atoms with Gasteiger partial charge in [-0.05, 0) is 20.3 Å². The van der Waals surface area contributed by atoms with Gasteiger partial charge in [-0.3, -0.25) is 4.79 Å². The zero-order chi connectivity index (χ0) is 9.72. The molecule has 0 aromatic carbocycles. The van der Waals surface area contributed by atoms with Crippen LogP contribution in [0.4, 0.5) is 0 Å². The van der Waals surface area contributed by atoms with Gasteiger partial charge in [-0.25, -0.2) is 4.79 Å². The van der Waals surface area contributed by atoms with Crippen LogP contribution in [0.15, 0.2) is 0 Å². The van der Waals surface area contributed by atoms with Gasteiger partial charge in [0.2, 0.25) is 0 Å². The molecule has 0 aliphatic carbocycles. The molecular weight excluding hydrogens is 158 g/mol. The van der Waals surface area contributed by atoms with Gasteiger partial charge in [0.1, 0.15) is 0 Å². The van der Waals surface area contributed by atoms with Gasteiger partial charge in [0.15, 0.2) is 0 Å². The number of hydrogen-bond donors (Lipinski definition) is 1. The van der Waals surface area contributed by atoms with Crippen molar-refractivity contribution in [3.05, 3.63) is 0 Å². The summed E-state index contributed by atoms with van der Waals surface area (Å²) in [5, 5.41) is 8.44. The average Bonchev–Trinajstić information content (AvgIpc) is 1.98. The highest BCUT2D eigenvalue weighted by molar-refractivity contribution is 6.31. The summed E-state index contributed by atoms with van der Waals surface area (Å²) < 4.78 is 0. The normalized spacial score (nSPS) is 10.0. The minimum absolute atomic E-state index is 0.0476. The Labute approximate surface area is 72.2 Å². The van der Waals surface area contributed by atoms with Crippen LogP contribution >= 0.6 is 0 Å². The molecule has 0 fully saturated rings. The number of aliphatic carboxylic acids is 1. The Balaban J connectivity index is 4.29. The Kier molecular flexibility index (Phi) is 4.33. The Bertz CT molecular complexity index is 177. The molecule has 4 nitrogen and oxygen atoms in total. The van der Waals surface area contributed by atoms with Gasteiger partial charge < -0.3 is 10.0 Å². The van der Waals surface area contributed by atoms with Crippen molar-refractivity contribution in [2.75, 3.05) is 6.54 Å². The zero-order valence-corrected chi connectivity index (χ0v) is 7.70. The van der Waals surface area contributed by atoms with E-state index in [1.807, 2.05) is 6.92 Å². The number of carboxylic acid groups (broad SMARTS) is 1. The van der Waals surface area contributed by atoms with Crippen molar-refractivity contribution in [1.29, 1.82) is 0 Å². The molecule has 1 N–H and O–H groups in total. The van der Waals surface area contributed by atoms with E-state index in [0.717, 1.165) is 6.42 Å². The van der Waals surface area contributed by atoms with Crippen molar-refractivity contribution in [3.63, 3.8) is 0 Å². The quantitative estimate of drug-likeness (QED) is 0.640. The first-order valence-corrected chi connectivity index (χ1v) is 4.04. The molecule has 0 aromatic rings. The van der Waals surface area contributed by atoms with E-state index >= 15 is 0 Å². The van der Waals surface area contributed by atoms with Crippen molar-refractivity contribution in [2.45, 2.75) is 33.2 Å². The van der Waals surface area contributed by atoms with Crippen LogP contribution in [0.25, 0.3) is 0 Å². The monoisotopic (exact) mass is 173 g/mol. The van der Waals surface area contributed by atoms with Crippen molar-refractivity contribution in [2.24, 2.45) is 0 Å². The van der Waals surface area contributed by atoms with Crippen LogP contribution in [-0.4, -0.2) is 34.5 Å². The van der Waals surface area contributed by atoms with Gasteiger partial charge in [0.25, 0.3) is 0 Å². The lowest BCUT2D eigenvalue weighted by Crippen LogP contribution is -2.41. The van der Waals surface area contributed by atoms with E-state index in [1.54, 1.807) is 13.8 Å². The Hall–Kier alpha value is -1.06. The molecule has 0 atom stereocenters. The summed E-state index contributed by atoms with van der Waals surface area (Å²) >= 11 is 0. The number of carbonyl (C=O) groups is 2. The minimum Gasteiger partial charge on any atom is -0.474 e. The van der Waals surface area contributed by atoms with Crippen LogP contribution in [0.3, 0.4) is 0 Å². The topological polar surface area (TPSA) is 57.6 Å². The zero-order valence-electron chi connectivity index (χ0n) is 7.70. The molecule has 0 bridgehead atoms. The number of rotatable bonds is 3. The number of hydrogen-bond acceptors (Lipinski definition) is 2. The maximum atomic E-state index is 11.0. The lowest BCUT2D eigenvalue weighted by molar-refractivity contribution is -0.156. The van der Waals surface area contributed by atoms with E-state index < -0.39 is 11.9 Å². The standard InChI is InChI=1S/C8H15NO3/c1-4-5-9(6(2)3)7(10)8(11)12/h6H,4-5H2,1-3H3,(H,11,12). The molecular formula is C8H15NO3. The van der Waals surface area contributed by atoms with Crippen LogP contribution in [-0.2, 0) is 9.59 Å². The maximum Gasteiger partial charge on any atom is 0.394 e. The van der Waals surface area contributed by atoms with E-state index in [0.29, 0.717) is 6.54 Å². The largest absolute Gasteiger partial charge is 0.474 e. The first-order chi connectivity index (χ1) is 5.50. The molecule has 0 spiro atoms. The third kappa shape index (κ3) is 2.90. The molecule has 12 heavy (non-hydrogen) atoms. The predicted octanol–water partition coefficient (Wildman–Crippen LogP) is 0.718. The lowest BCUT2D eigenvalue weighted by Gasteiger charge is -2.23. The smallest absolute Gasteiger partial charge is 0.394 e. The van der Waals surface area contributed by atoms with Crippen molar-refractivity contribution in [1.82, 2.24) is 4.90 Å². The molecule has 0 aliphatic rings. The third-order valence-corrected chi connectivity index (χ3v) is 1.53. The molecule has 0 saturated carbocycles.